The Morgan fingerprint density at radius 2 is 1.70 bits per heavy atom. The third-order valence-corrected chi connectivity index (χ3v) is 4.94. The molecule has 0 atom stereocenters. The number of carbonyl (C=O) groups excluding carboxylic acids is 1. The predicted octanol–water partition coefficient (Wildman–Crippen LogP) is 1.63. The summed E-state index contributed by atoms with van der Waals surface area (Å²) in [7, 11) is 0. The Morgan fingerprint density at radius 3 is 2.45 bits per heavy atom. The summed E-state index contributed by atoms with van der Waals surface area (Å²) >= 11 is 0. The van der Waals surface area contributed by atoms with E-state index in [1.165, 1.54) is 0 Å². The van der Waals surface area contributed by atoms with Crippen LogP contribution in [0.2, 0.25) is 0 Å². The Kier molecular flexibility index (Phi) is 8.72. The van der Waals surface area contributed by atoms with Crippen molar-refractivity contribution in [2.45, 2.75) is 19.9 Å². The molecule has 0 spiro atoms. The number of carbonyl (C=O) groups is 1. The van der Waals surface area contributed by atoms with E-state index < -0.39 is 5.97 Å². The Bertz CT molecular complexity index is 1250. The molecule has 0 fully saturated rings. The number of aromatic carboxylic acids is 1. The van der Waals surface area contributed by atoms with Gasteiger partial charge in [0.15, 0.2) is 0 Å². The van der Waals surface area contributed by atoms with Gasteiger partial charge in [0.1, 0.15) is 23.8 Å². The van der Waals surface area contributed by atoms with E-state index in [4.69, 9.17) is 9.57 Å². The van der Waals surface area contributed by atoms with Gasteiger partial charge in [-0.05, 0) is 36.8 Å². The Balaban J connectivity index is 0.00000306. The molecule has 4 rings (SSSR count). The molecule has 0 unspecified atom stereocenters. The summed E-state index contributed by atoms with van der Waals surface area (Å²) in [4.78, 5) is 17.1. The van der Waals surface area contributed by atoms with Gasteiger partial charge in [0.25, 0.3) is 0 Å². The number of hydrogen-bond acceptors (Lipinski definition) is 5. The van der Waals surface area contributed by atoms with Crippen LogP contribution in [-0.2, 0) is 11.4 Å². The molecule has 0 aliphatic heterocycles. The zero-order valence-electron chi connectivity index (χ0n) is 18.7. The summed E-state index contributed by atoms with van der Waals surface area (Å²) in [5.74, 6) is 0.198. The maximum atomic E-state index is 11.6. The molecule has 1 heterocycles. The molecule has 4 aromatic rings. The van der Waals surface area contributed by atoms with Gasteiger partial charge in [0.05, 0.1) is 12.5 Å². The Labute approximate surface area is 214 Å². The third kappa shape index (κ3) is 6.05. The second-order valence-electron chi connectivity index (χ2n) is 7.29. The van der Waals surface area contributed by atoms with E-state index in [1.807, 2.05) is 84.3 Å². The maximum absolute atomic E-state index is 11.6. The monoisotopic (exact) mass is 450 g/mol. The molecule has 0 amide bonds. The molecule has 6 nitrogen and oxygen atoms in total. The van der Waals surface area contributed by atoms with E-state index in [0.29, 0.717) is 30.0 Å². The molecule has 0 aliphatic rings. The molecule has 0 saturated heterocycles. The second-order valence-corrected chi connectivity index (χ2v) is 7.29. The molecule has 0 aliphatic carbocycles. The standard InChI is InChI=1S/C26H24N2O4.Na/c1-2-15-31-27-24(18-28-17-23(26(29)30)22-13-6-7-14-25(22)28)19-9-8-12-21(16-19)32-20-10-4-3-5-11-20;/h3-14,16-17H,2,15,18H2,1H3,(H,29,30);/q;+1/p-1. The van der Waals surface area contributed by atoms with Crippen LogP contribution in [0.1, 0.15) is 29.3 Å². The topological polar surface area (TPSA) is 75.9 Å². The first-order chi connectivity index (χ1) is 15.7. The van der Waals surface area contributed by atoms with Gasteiger partial charge in [-0.1, -0.05) is 60.6 Å². The van der Waals surface area contributed by atoms with Gasteiger partial charge in [-0.3, -0.25) is 0 Å². The van der Waals surface area contributed by atoms with Crippen molar-refractivity contribution < 1.29 is 49.0 Å². The average molecular weight is 450 g/mol. The van der Waals surface area contributed by atoms with Crippen LogP contribution in [0.3, 0.4) is 0 Å². The number of nitrogens with zero attached hydrogens (tertiary/aromatic N) is 2. The van der Waals surface area contributed by atoms with Crippen molar-refractivity contribution in [3.8, 4) is 11.5 Å². The van der Waals surface area contributed by atoms with Crippen molar-refractivity contribution >= 4 is 22.6 Å². The van der Waals surface area contributed by atoms with Crippen LogP contribution in [-0.4, -0.2) is 22.9 Å². The first-order valence-corrected chi connectivity index (χ1v) is 10.5. The summed E-state index contributed by atoms with van der Waals surface area (Å²) in [6.45, 7) is 2.82. The molecule has 0 N–H and O–H groups in total. The first kappa shape index (κ1) is 24.6. The minimum atomic E-state index is -1.21. The third-order valence-electron chi connectivity index (χ3n) is 4.94. The summed E-state index contributed by atoms with van der Waals surface area (Å²) < 4.78 is 7.81. The molecule has 7 heteroatoms. The number of benzene rings is 3. The minimum absolute atomic E-state index is 0. The quantitative estimate of drug-likeness (QED) is 0.168. The normalized spacial score (nSPS) is 11.1. The number of aromatic nitrogens is 1. The summed E-state index contributed by atoms with van der Waals surface area (Å²) in [5, 5.41) is 16.6. The molecule has 0 radical (unpaired) electrons. The van der Waals surface area contributed by atoms with E-state index in [0.717, 1.165) is 23.3 Å². The van der Waals surface area contributed by atoms with E-state index in [1.54, 1.807) is 12.3 Å². The fourth-order valence-electron chi connectivity index (χ4n) is 3.45. The fraction of sp³-hybridized carbons (Fsp3) is 0.154. The fourth-order valence-corrected chi connectivity index (χ4v) is 3.45. The zero-order valence-corrected chi connectivity index (χ0v) is 20.7. The van der Waals surface area contributed by atoms with Crippen LogP contribution in [0.4, 0.5) is 0 Å². The van der Waals surface area contributed by atoms with Crippen LogP contribution in [0.15, 0.2) is 90.2 Å². The van der Waals surface area contributed by atoms with Crippen molar-refractivity contribution in [1.82, 2.24) is 4.57 Å². The van der Waals surface area contributed by atoms with Gasteiger partial charge >= 0.3 is 29.6 Å². The first-order valence-electron chi connectivity index (χ1n) is 10.5. The maximum Gasteiger partial charge on any atom is 1.00 e. The van der Waals surface area contributed by atoms with Crippen LogP contribution in [0, 0.1) is 0 Å². The minimum Gasteiger partial charge on any atom is -0.545 e. The van der Waals surface area contributed by atoms with Crippen molar-refractivity contribution in [3.63, 3.8) is 0 Å². The van der Waals surface area contributed by atoms with E-state index >= 15 is 0 Å². The number of hydrogen-bond donors (Lipinski definition) is 0. The molecule has 33 heavy (non-hydrogen) atoms. The van der Waals surface area contributed by atoms with Crippen LogP contribution in [0.5, 0.6) is 11.5 Å². The van der Waals surface area contributed by atoms with E-state index in [9.17, 15) is 9.90 Å². The van der Waals surface area contributed by atoms with Crippen LogP contribution in [0.25, 0.3) is 10.9 Å². The number of carboxylic acids is 1. The van der Waals surface area contributed by atoms with Gasteiger partial charge < -0.3 is 24.0 Å². The summed E-state index contributed by atoms with van der Waals surface area (Å²) in [6, 6.07) is 24.5. The number of oxime groups is 1. The number of carboxylic acid groups (broad SMARTS) is 1. The van der Waals surface area contributed by atoms with Gasteiger partial charge in [-0.25, -0.2) is 0 Å². The number of ether oxygens (including phenoxy) is 1. The van der Waals surface area contributed by atoms with Crippen LogP contribution < -0.4 is 39.4 Å². The van der Waals surface area contributed by atoms with Crippen molar-refractivity contribution in [2.24, 2.45) is 5.16 Å². The van der Waals surface area contributed by atoms with E-state index in [2.05, 4.69) is 5.16 Å². The van der Waals surface area contributed by atoms with Gasteiger partial charge in [0, 0.05) is 28.2 Å². The summed E-state index contributed by atoms with van der Waals surface area (Å²) in [6.07, 6.45) is 2.41. The Morgan fingerprint density at radius 1 is 0.970 bits per heavy atom. The number of para-hydroxylation sites is 2. The molecule has 162 valence electrons. The molecule has 0 saturated carbocycles. The van der Waals surface area contributed by atoms with Crippen molar-refractivity contribution in [2.75, 3.05) is 6.61 Å². The molecular formula is C26H23N2NaO4. The second kappa shape index (κ2) is 11.7. The molecule has 1 aromatic heterocycles. The van der Waals surface area contributed by atoms with Crippen molar-refractivity contribution in [1.29, 1.82) is 0 Å². The van der Waals surface area contributed by atoms with E-state index in [-0.39, 0.29) is 35.1 Å². The zero-order chi connectivity index (χ0) is 22.3. The van der Waals surface area contributed by atoms with Crippen molar-refractivity contribution in [3.05, 3.63) is 96.2 Å². The average Bonchev–Trinajstić information content (AvgIpc) is 3.18. The van der Waals surface area contributed by atoms with Gasteiger partial charge in [0.2, 0.25) is 0 Å². The number of rotatable bonds is 9. The molecule has 0 bridgehead atoms. The molecular weight excluding hydrogens is 427 g/mol. The molecule has 3 aromatic carbocycles. The Hall–Kier alpha value is -3.06. The predicted molar refractivity (Wildman–Crippen MR) is 122 cm³/mol. The number of fused-ring (bicyclic) bond motifs is 1. The smallest absolute Gasteiger partial charge is 0.545 e. The van der Waals surface area contributed by atoms with Gasteiger partial charge in [-0.15, -0.1) is 0 Å². The summed E-state index contributed by atoms with van der Waals surface area (Å²) in [5.41, 5.74) is 2.41. The largest absolute Gasteiger partial charge is 1.00 e. The van der Waals surface area contributed by atoms with Gasteiger partial charge in [-0.2, -0.15) is 0 Å². The van der Waals surface area contributed by atoms with Crippen LogP contribution >= 0.6 is 0 Å². The SMILES string of the molecule is CCCON=C(Cn1cc(C(=O)[O-])c2ccccc21)c1cccc(Oc2ccccc2)c1.[Na+].